The molecule has 144 valence electrons. The zero-order chi connectivity index (χ0) is 19.3. The van der Waals surface area contributed by atoms with Crippen LogP contribution in [-0.4, -0.2) is 68.1 Å². The van der Waals surface area contributed by atoms with Gasteiger partial charge in [-0.25, -0.2) is 0 Å². The molecular weight excluding hydrogens is 334 g/mol. The molecule has 0 aromatic heterocycles. The van der Waals surface area contributed by atoms with E-state index in [4.69, 9.17) is 15.2 Å². The minimum atomic E-state index is -0.482. The van der Waals surface area contributed by atoms with Crippen molar-refractivity contribution in [3.63, 3.8) is 0 Å². The predicted octanol–water partition coefficient (Wildman–Crippen LogP) is 1.36. The number of rotatable bonds is 6. The maximum absolute atomic E-state index is 12.8. The van der Waals surface area contributed by atoms with Crippen LogP contribution < -0.4 is 15.2 Å². The second kappa shape index (κ2) is 8.89. The van der Waals surface area contributed by atoms with E-state index < -0.39 is 6.04 Å². The van der Waals surface area contributed by atoms with Crippen LogP contribution in [0.15, 0.2) is 18.2 Å². The minimum absolute atomic E-state index is 0.0338. The fraction of sp³-hybridized carbons (Fsp3) is 0.579. The van der Waals surface area contributed by atoms with Gasteiger partial charge in [0, 0.05) is 32.2 Å². The Morgan fingerprint density at radius 2 is 1.73 bits per heavy atom. The molecule has 1 saturated heterocycles. The highest BCUT2D eigenvalue weighted by Crippen LogP contribution is 2.26. The van der Waals surface area contributed by atoms with Crippen LogP contribution in [0.3, 0.4) is 0 Å². The summed E-state index contributed by atoms with van der Waals surface area (Å²) in [5, 5.41) is 0. The van der Waals surface area contributed by atoms with E-state index >= 15 is 0 Å². The van der Waals surface area contributed by atoms with Crippen LogP contribution in [0.4, 0.5) is 0 Å². The first-order valence-corrected chi connectivity index (χ1v) is 8.98. The van der Waals surface area contributed by atoms with Crippen molar-refractivity contribution in [1.82, 2.24) is 9.80 Å². The highest BCUT2D eigenvalue weighted by Gasteiger charge is 2.30. The van der Waals surface area contributed by atoms with Gasteiger partial charge < -0.3 is 25.0 Å². The monoisotopic (exact) mass is 363 g/mol. The number of nitrogens with two attached hydrogens (primary N) is 1. The van der Waals surface area contributed by atoms with E-state index in [0.29, 0.717) is 43.2 Å². The van der Waals surface area contributed by atoms with Gasteiger partial charge in [0.1, 0.15) is 11.5 Å². The molecule has 0 radical (unpaired) electrons. The van der Waals surface area contributed by atoms with Crippen LogP contribution in [0.1, 0.15) is 30.6 Å². The molecule has 0 saturated carbocycles. The largest absolute Gasteiger partial charge is 0.497 e. The number of amides is 2. The van der Waals surface area contributed by atoms with Crippen LogP contribution in [0.2, 0.25) is 0 Å². The van der Waals surface area contributed by atoms with Gasteiger partial charge in [-0.1, -0.05) is 20.3 Å². The Labute approximate surface area is 155 Å². The number of piperazine rings is 1. The average molecular weight is 363 g/mol. The van der Waals surface area contributed by atoms with Gasteiger partial charge in [-0.2, -0.15) is 0 Å². The van der Waals surface area contributed by atoms with E-state index in [0.717, 1.165) is 6.42 Å². The quantitative estimate of drug-likeness (QED) is 0.825. The molecule has 2 atom stereocenters. The zero-order valence-corrected chi connectivity index (χ0v) is 16.0. The SMILES string of the molecule is CCC(C)C(N)C(=O)N1CCN(C(=O)c2ccc(OC)cc2OC)CC1. The summed E-state index contributed by atoms with van der Waals surface area (Å²) in [4.78, 5) is 28.8. The fourth-order valence-electron chi connectivity index (χ4n) is 2.98. The lowest BCUT2D eigenvalue weighted by Crippen LogP contribution is -2.55. The van der Waals surface area contributed by atoms with Gasteiger partial charge in [0.2, 0.25) is 5.91 Å². The van der Waals surface area contributed by atoms with Crippen molar-refractivity contribution in [2.45, 2.75) is 26.3 Å². The second-order valence-corrected chi connectivity index (χ2v) is 6.60. The summed E-state index contributed by atoms with van der Waals surface area (Å²) < 4.78 is 10.5. The van der Waals surface area contributed by atoms with Gasteiger partial charge >= 0.3 is 0 Å². The van der Waals surface area contributed by atoms with Crippen LogP contribution in [0.25, 0.3) is 0 Å². The number of methoxy groups -OCH3 is 2. The molecule has 7 heteroatoms. The topological polar surface area (TPSA) is 85.1 Å². The highest BCUT2D eigenvalue weighted by molar-refractivity contribution is 5.97. The van der Waals surface area contributed by atoms with E-state index in [9.17, 15) is 9.59 Å². The molecule has 2 rings (SSSR count). The number of benzene rings is 1. The maximum atomic E-state index is 12.8. The van der Waals surface area contributed by atoms with Crippen LogP contribution >= 0.6 is 0 Å². The summed E-state index contributed by atoms with van der Waals surface area (Å²) in [6.07, 6.45) is 0.864. The molecule has 1 fully saturated rings. The van der Waals surface area contributed by atoms with Crippen molar-refractivity contribution in [1.29, 1.82) is 0 Å². The molecule has 1 aliphatic rings. The van der Waals surface area contributed by atoms with E-state index in [-0.39, 0.29) is 17.7 Å². The average Bonchev–Trinajstić information content (AvgIpc) is 2.70. The first-order valence-electron chi connectivity index (χ1n) is 8.98. The molecule has 1 aromatic carbocycles. The van der Waals surface area contributed by atoms with Crippen molar-refractivity contribution < 1.29 is 19.1 Å². The number of carbonyl (C=O) groups is 2. The van der Waals surface area contributed by atoms with Gasteiger partial charge in [-0.15, -0.1) is 0 Å². The van der Waals surface area contributed by atoms with Crippen molar-refractivity contribution in [2.75, 3.05) is 40.4 Å². The Hall–Kier alpha value is -2.28. The van der Waals surface area contributed by atoms with E-state index in [1.807, 2.05) is 13.8 Å². The minimum Gasteiger partial charge on any atom is -0.497 e. The van der Waals surface area contributed by atoms with Crippen LogP contribution in [0.5, 0.6) is 11.5 Å². The highest BCUT2D eigenvalue weighted by atomic mass is 16.5. The summed E-state index contributed by atoms with van der Waals surface area (Å²) in [6.45, 7) is 5.95. The maximum Gasteiger partial charge on any atom is 0.257 e. The third-order valence-corrected chi connectivity index (χ3v) is 5.06. The van der Waals surface area contributed by atoms with Crippen molar-refractivity contribution in [3.05, 3.63) is 23.8 Å². The number of hydrogen-bond acceptors (Lipinski definition) is 5. The summed E-state index contributed by atoms with van der Waals surface area (Å²) in [5.41, 5.74) is 6.54. The summed E-state index contributed by atoms with van der Waals surface area (Å²) in [7, 11) is 3.09. The third kappa shape index (κ3) is 4.27. The Balaban J connectivity index is 2.01. The second-order valence-electron chi connectivity index (χ2n) is 6.60. The Bertz CT molecular complexity index is 642. The smallest absolute Gasteiger partial charge is 0.257 e. The van der Waals surface area contributed by atoms with Crippen molar-refractivity contribution >= 4 is 11.8 Å². The first-order chi connectivity index (χ1) is 12.4. The Kier molecular flexibility index (Phi) is 6.85. The molecule has 1 heterocycles. The first kappa shape index (κ1) is 20.0. The molecular formula is C19H29N3O4. The van der Waals surface area contributed by atoms with E-state index in [2.05, 4.69) is 0 Å². The number of nitrogens with zero attached hydrogens (tertiary/aromatic N) is 2. The lowest BCUT2D eigenvalue weighted by atomic mass is 9.98. The summed E-state index contributed by atoms with van der Waals surface area (Å²) in [5.74, 6) is 1.11. The standard InChI is InChI=1S/C19H29N3O4/c1-5-13(2)17(20)19(24)22-10-8-21(9-11-22)18(23)15-7-6-14(25-3)12-16(15)26-4/h6-7,12-13,17H,5,8-11,20H2,1-4H3. The molecule has 1 aliphatic heterocycles. The normalized spacial score (nSPS) is 16.8. The van der Waals surface area contributed by atoms with E-state index in [1.165, 1.54) is 7.11 Å². The number of hydrogen-bond donors (Lipinski definition) is 1. The molecule has 0 spiro atoms. The fourth-order valence-corrected chi connectivity index (χ4v) is 2.98. The number of carbonyl (C=O) groups excluding carboxylic acids is 2. The molecule has 0 bridgehead atoms. The van der Waals surface area contributed by atoms with Crippen molar-refractivity contribution in [3.8, 4) is 11.5 Å². The molecule has 7 nitrogen and oxygen atoms in total. The molecule has 26 heavy (non-hydrogen) atoms. The van der Waals surface area contributed by atoms with Crippen LogP contribution in [0, 0.1) is 5.92 Å². The lowest BCUT2D eigenvalue weighted by Gasteiger charge is -2.36. The molecule has 1 aromatic rings. The zero-order valence-electron chi connectivity index (χ0n) is 16.0. The van der Waals surface area contributed by atoms with Gasteiger partial charge in [-0.3, -0.25) is 9.59 Å². The Morgan fingerprint density at radius 1 is 1.12 bits per heavy atom. The van der Waals surface area contributed by atoms with Crippen molar-refractivity contribution in [2.24, 2.45) is 11.7 Å². The Morgan fingerprint density at radius 3 is 2.27 bits per heavy atom. The summed E-state index contributed by atoms with van der Waals surface area (Å²) in [6, 6.07) is 4.65. The van der Waals surface area contributed by atoms with Gasteiger partial charge in [0.05, 0.1) is 25.8 Å². The molecule has 0 aliphatic carbocycles. The molecule has 2 amide bonds. The third-order valence-electron chi connectivity index (χ3n) is 5.06. The lowest BCUT2D eigenvalue weighted by molar-refractivity contribution is -0.135. The van der Waals surface area contributed by atoms with Crippen LogP contribution in [-0.2, 0) is 4.79 Å². The molecule has 2 N–H and O–H groups in total. The summed E-state index contributed by atoms with van der Waals surface area (Å²) >= 11 is 0. The van der Waals surface area contributed by atoms with Gasteiger partial charge in [0.15, 0.2) is 0 Å². The van der Waals surface area contributed by atoms with E-state index in [1.54, 1.807) is 35.1 Å². The van der Waals surface area contributed by atoms with Gasteiger partial charge in [-0.05, 0) is 18.1 Å². The predicted molar refractivity (Wildman–Crippen MR) is 99.5 cm³/mol. The molecule has 2 unspecified atom stereocenters. The number of ether oxygens (including phenoxy) is 2. The van der Waals surface area contributed by atoms with Gasteiger partial charge in [0.25, 0.3) is 5.91 Å².